The zero-order valence-corrected chi connectivity index (χ0v) is 13.5. The molecule has 0 spiro atoms. The Hall–Kier alpha value is -1.10. The fourth-order valence-corrected chi connectivity index (χ4v) is 2.66. The number of aliphatic hydroxyl groups excluding tert-OH is 1. The maximum absolute atomic E-state index is 9.90. The van der Waals surface area contributed by atoms with E-state index < -0.39 is 6.10 Å². The third-order valence-electron chi connectivity index (χ3n) is 3.70. The summed E-state index contributed by atoms with van der Waals surface area (Å²) < 4.78 is 6.58. The molecule has 4 heteroatoms. The van der Waals surface area contributed by atoms with Gasteiger partial charge in [0.25, 0.3) is 0 Å². The average molecular weight is 350 g/mol. The van der Waals surface area contributed by atoms with Gasteiger partial charge in [-0.25, -0.2) is 0 Å². The van der Waals surface area contributed by atoms with Crippen molar-refractivity contribution in [1.82, 2.24) is 0 Å². The predicted molar refractivity (Wildman–Crippen MR) is 89.7 cm³/mol. The lowest BCUT2D eigenvalue weighted by molar-refractivity contribution is 0.0386. The van der Waals surface area contributed by atoms with Gasteiger partial charge < -0.3 is 15.2 Å². The van der Waals surface area contributed by atoms with Gasteiger partial charge in [-0.15, -0.1) is 0 Å². The number of benzene rings is 2. The summed E-state index contributed by atoms with van der Waals surface area (Å²) in [6.45, 7) is 1.71. The van der Waals surface area contributed by atoms with E-state index in [-0.39, 0.29) is 0 Å². The fourth-order valence-electron chi connectivity index (χ4n) is 2.28. The van der Waals surface area contributed by atoms with Crippen LogP contribution in [0.1, 0.15) is 12.8 Å². The van der Waals surface area contributed by atoms with Crippen LogP contribution < -0.4 is 5.32 Å². The Morgan fingerprint density at radius 3 is 2.76 bits per heavy atom. The van der Waals surface area contributed by atoms with E-state index >= 15 is 0 Å². The summed E-state index contributed by atoms with van der Waals surface area (Å²) >= 11 is 3.48. The van der Waals surface area contributed by atoms with Gasteiger partial charge in [-0.2, -0.15) is 0 Å². The minimum Gasteiger partial charge on any atom is -0.389 e. The van der Waals surface area contributed by atoms with Crippen LogP contribution >= 0.6 is 15.9 Å². The van der Waals surface area contributed by atoms with E-state index in [1.165, 1.54) is 23.6 Å². The van der Waals surface area contributed by atoms with Crippen LogP contribution in [0.25, 0.3) is 10.8 Å². The molecule has 0 heterocycles. The number of anilines is 1. The molecule has 1 atom stereocenters. The molecule has 21 heavy (non-hydrogen) atoms. The number of fused-ring (bicyclic) bond motifs is 1. The second-order valence-corrected chi connectivity index (χ2v) is 6.64. The smallest absolute Gasteiger partial charge is 0.0945 e. The van der Waals surface area contributed by atoms with Crippen LogP contribution in [0.3, 0.4) is 0 Å². The summed E-state index contributed by atoms with van der Waals surface area (Å²) in [6, 6.07) is 12.4. The third-order valence-corrected chi connectivity index (χ3v) is 4.20. The van der Waals surface area contributed by atoms with Crippen molar-refractivity contribution >= 4 is 32.4 Å². The standard InChI is InChI=1S/C17H20BrNO2/c18-15-5-3-14-8-16(6-4-13(14)7-15)19-9-17(20)11-21-10-12-1-2-12/h3-8,12,17,19-20H,1-2,9-11H2. The molecule has 3 nitrogen and oxygen atoms in total. The van der Waals surface area contributed by atoms with E-state index in [1.54, 1.807) is 0 Å². The highest BCUT2D eigenvalue weighted by molar-refractivity contribution is 9.10. The maximum atomic E-state index is 9.90. The Morgan fingerprint density at radius 2 is 1.95 bits per heavy atom. The topological polar surface area (TPSA) is 41.5 Å². The summed E-state index contributed by atoms with van der Waals surface area (Å²) in [6.07, 6.45) is 2.09. The molecule has 0 bridgehead atoms. The van der Waals surface area contributed by atoms with Crippen LogP contribution in [0.2, 0.25) is 0 Å². The molecule has 0 aliphatic heterocycles. The van der Waals surface area contributed by atoms with Crippen LogP contribution in [0.15, 0.2) is 40.9 Å². The quantitative estimate of drug-likeness (QED) is 0.798. The molecule has 3 rings (SSSR count). The zero-order valence-electron chi connectivity index (χ0n) is 11.9. The summed E-state index contributed by atoms with van der Waals surface area (Å²) in [5.74, 6) is 0.741. The molecule has 112 valence electrons. The molecular weight excluding hydrogens is 330 g/mol. The molecule has 1 fully saturated rings. The molecule has 2 N–H and O–H groups in total. The number of halogens is 1. The van der Waals surface area contributed by atoms with E-state index in [0.717, 1.165) is 22.7 Å². The monoisotopic (exact) mass is 349 g/mol. The minimum absolute atomic E-state index is 0.407. The van der Waals surface area contributed by atoms with Crippen molar-refractivity contribution < 1.29 is 9.84 Å². The number of aliphatic hydroxyl groups is 1. The molecule has 0 aromatic heterocycles. The van der Waals surface area contributed by atoms with Crippen molar-refractivity contribution in [3.8, 4) is 0 Å². The fraction of sp³-hybridized carbons (Fsp3) is 0.412. The Kier molecular flexibility index (Phi) is 4.78. The van der Waals surface area contributed by atoms with Crippen molar-refractivity contribution in [2.75, 3.05) is 25.1 Å². The first kappa shape index (κ1) is 14.8. The Labute approximate surface area is 133 Å². The molecule has 0 radical (unpaired) electrons. The predicted octanol–water partition coefficient (Wildman–Crippen LogP) is 3.80. The third kappa shape index (κ3) is 4.43. The van der Waals surface area contributed by atoms with Crippen molar-refractivity contribution in [2.45, 2.75) is 18.9 Å². The van der Waals surface area contributed by atoms with Crippen LogP contribution in [0.4, 0.5) is 5.69 Å². The Balaban J connectivity index is 1.50. The molecular formula is C17H20BrNO2. The lowest BCUT2D eigenvalue weighted by atomic mass is 10.1. The SMILES string of the molecule is OC(CNc1ccc2cc(Br)ccc2c1)COCC1CC1. The van der Waals surface area contributed by atoms with Gasteiger partial charge in [0.1, 0.15) is 0 Å². The van der Waals surface area contributed by atoms with Crippen molar-refractivity contribution in [3.63, 3.8) is 0 Å². The molecule has 0 saturated heterocycles. The van der Waals surface area contributed by atoms with E-state index in [9.17, 15) is 5.11 Å². The lowest BCUT2D eigenvalue weighted by Crippen LogP contribution is -2.25. The second-order valence-electron chi connectivity index (χ2n) is 5.72. The molecule has 1 saturated carbocycles. The van der Waals surface area contributed by atoms with Gasteiger partial charge in [0.2, 0.25) is 0 Å². The molecule has 2 aromatic carbocycles. The number of hydrogen-bond donors (Lipinski definition) is 2. The number of rotatable bonds is 7. The Bertz CT molecular complexity index is 613. The van der Waals surface area contributed by atoms with Crippen molar-refractivity contribution in [2.24, 2.45) is 5.92 Å². The van der Waals surface area contributed by atoms with Gasteiger partial charge >= 0.3 is 0 Å². The number of ether oxygens (including phenoxy) is 1. The highest BCUT2D eigenvalue weighted by Gasteiger charge is 2.21. The lowest BCUT2D eigenvalue weighted by Gasteiger charge is -2.13. The maximum Gasteiger partial charge on any atom is 0.0945 e. The molecule has 0 amide bonds. The van der Waals surface area contributed by atoms with E-state index in [2.05, 4.69) is 45.5 Å². The summed E-state index contributed by atoms with van der Waals surface area (Å²) in [4.78, 5) is 0. The first-order valence-corrected chi connectivity index (χ1v) is 8.19. The van der Waals surface area contributed by atoms with Crippen LogP contribution in [-0.4, -0.2) is 31.0 Å². The molecule has 1 aliphatic rings. The highest BCUT2D eigenvalue weighted by atomic mass is 79.9. The average Bonchev–Trinajstić information content (AvgIpc) is 3.29. The second kappa shape index (κ2) is 6.77. The van der Waals surface area contributed by atoms with Crippen molar-refractivity contribution in [3.05, 3.63) is 40.9 Å². The van der Waals surface area contributed by atoms with Gasteiger partial charge in [-0.1, -0.05) is 28.1 Å². The molecule has 1 unspecified atom stereocenters. The van der Waals surface area contributed by atoms with E-state index in [1.807, 2.05) is 12.1 Å². The normalized spacial score (nSPS) is 16.1. The van der Waals surface area contributed by atoms with Gasteiger partial charge in [-0.3, -0.25) is 0 Å². The highest BCUT2D eigenvalue weighted by Crippen LogP contribution is 2.28. The zero-order chi connectivity index (χ0) is 14.7. The summed E-state index contributed by atoms with van der Waals surface area (Å²) in [7, 11) is 0. The minimum atomic E-state index is -0.468. The van der Waals surface area contributed by atoms with E-state index in [4.69, 9.17) is 4.74 Å². The van der Waals surface area contributed by atoms with Gasteiger partial charge in [-0.05, 0) is 53.8 Å². The molecule has 2 aromatic rings. The summed E-state index contributed by atoms with van der Waals surface area (Å²) in [5.41, 5.74) is 1.02. The first-order chi connectivity index (χ1) is 10.2. The van der Waals surface area contributed by atoms with Crippen molar-refractivity contribution in [1.29, 1.82) is 0 Å². The number of nitrogens with one attached hydrogen (secondary N) is 1. The summed E-state index contributed by atoms with van der Waals surface area (Å²) in [5, 5.41) is 15.5. The van der Waals surface area contributed by atoms with Crippen LogP contribution in [0.5, 0.6) is 0 Å². The first-order valence-electron chi connectivity index (χ1n) is 7.40. The van der Waals surface area contributed by atoms with Crippen LogP contribution in [-0.2, 0) is 4.74 Å². The molecule has 1 aliphatic carbocycles. The van der Waals surface area contributed by atoms with E-state index in [0.29, 0.717) is 13.2 Å². The number of hydrogen-bond acceptors (Lipinski definition) is 3. The largest absolute Gasteiger partial charge is 0.389 e. The van der Waals surface area contributed by atoms with Gasteiger partial charge in [0.05, 0.1) is 12.7 Å². The van der Waals surface area contributed by atoms with Crippen LogP contribution in [0, 0.1) is 5.92 Å². The van der Waals surface area contributed by atoms with Gasteiger partial charge in [0, 0.05) is 23.3 Å². The van der Waals surface area contributed by atoms with Gasteiger partial charge in [0.15, 0.2) is 0 Å². The Morgan fingerprint density at radius 1 is 1.19 bits per heavy atom.